The molecule has 0 bridgehead atoms. The van der Waals surface area contributed by atoms with Crippen molar-refractivity contribution in [3.8, 4) is 0 Å². The molecule has 0 unspecified atom stereocenters. The van der Waals surface area contributed by atoms with Gasteiger partial charge in [0.15, 0.2) is 0 Å². The van der Waals surface area contributed by atoms with Crippen LogP contribution in [0.3, 0.4) is 0 Å². The van der Waals surface area contributed by atoms with E-state index in [1.54, 1.807) is 13.8 Å². The lowest BCUT2D eigenvalue weighted by atomic mass is 10.0. The number of rotatable bonds is 2. The number of aliphatic hydroxyl groups is 1. The van der Waals surface area contributed by atoms with Crippen molar-refractivity contribution in [1.29, 1.82) is 0 Å². The second-order valence-electron chi connectivity index (χ2n) is 3.28. The molecule has 66 valence electrons. The van der Waals surface area contributed by atoms with Crippen molar-refractivity contribution in [2.45, 2.75) is 25.9 Å². The molecule has 4 heteroatoms. The zero-order chi connectivity index (χ0) is 9.19. The van der Waals surface area contributed by atoms with Crippen LogP contribution in [0.25, 0.3) is 0 Å². The minimum atomic E-state index is -0.948. The molecule has 0 aromatic carbocycles. The molecule has 3 nitrogen and oxygen atoms in total. The molecular formula is C8H11FN2O. The lowest BCUT2D eigenvalue weighted by Gasteiger charge is -2.15. The van der Waals surface area contributed by atoms with Gasteiger partial charge in [0.1, 0.15) is 0 Å². The first kappa shape index (κ1) is 9.06. The lowest BCUT2D eigenvalue weighted by molar-refractivity contribution is 0.0786. The van der Waals surface area contributed by atoms with Crippen LogP contribution in [0.5, 0.6) is 0 Å². The van der Waals surface area contributed by atoms with E-state index in [4.69, 9.17) is 0 Å². The molecule has 1 N–H and O–H groups in total. The first-order valence-corrected chi connectivity index (χ1v) is 3.67. The highest BCUT2D eigenvalue weighted by atomic mass is 19.1. The summed E-state index contributed by atoms with van der Waals surface area (Å²) >= 11 is 0. The van der Waals surface area contributed by atoms with Gasteiger partial charge in [0, 0.05) is 18.8 Å². The zero-order valence-corrected chi connectivity index (χ0v) is 7.08. The highest BCUT2D eigenvalue weighted by molar-refractivity contribution is 5.01. The van der Waals surface area contributed by atoms with E-state index in [2.05, 4.69) is 9.97 Å². The Hall–Kier alpha value is -1.03. The highest BCUT2D eigenvalue weighted by Gasteiger charge is 2.17. The lowest BCUT2D eigenvalue weighted by Crippen LogP contribution is -2.23. The van der Waals surface area contributed by atoms with Gasteiger partial charge >= 0.3 is 0 Å². The maximum Gasteiger partial charge on any atom is 0.234 e. The van der Waals surface area contributed by atoms with Gasteiger partial charge < -0.3 is 5.11 Å². The molecule has 0 aliphatic heterocycles. The average Bonchev–Trinajstić information content (AvgIpc) is 1.91. The summed E-state index contributed by atoms with van der Waals surface area (Å²) in [6.45, 7) is 3.20. The highest BCUT2D eigenvalue weighted by Crippen LogP contribution is 2.10. The predicted molar refractivity (Wildman–Crippen MR) is 42.0 cm³/mol. The SMILES string of the molecule is CC(C)(O)Cc1nccnc1F. The fraction of sp³-hybridized carbons (Fsp3) is 0.500. The van der Waals surface area contributed by atoms with Crippen molar-refractivity contribution >= 4 is 0 Å². The normalized spacial score (nSPS) is 11.7. The molecule has 1 aromatic heterocycles. The summed E-state index contributed by atoms with van der Waals surface area (Å²) in [5.41, 5.74) is -0.748. The van der Waals surface area contributed by atoms with Crippen LogP contribution in [0.4, 0.5) is 4.39 Å². The van der Waals surface area contributed by atoms with E-state index in [1.807, 2.05) is 0 Å². The van der Waals surface area contributed by atoms with Crippen molar-refractivity contribution < 1.29 is 9.50 Å². The monoisotopic (exact) mass is 170 g/mol. The van der Waals surface area contributed by atoms with E-state index >= 15 is 0 Å². The standard InChI is InChI=1S/C8H11FN2O/c1-8(2,12)5-6-7(9)11-4-3-10-6/h3-4,12H,5H2,1-2H3. The third-order valence-electron chi connectivity index (χ3n) is 1.32. The third kappa shape index (κ3) is 2.54. The number of hydrogen-bond donors (Lipinski definition) is 1. The first-order valence-electron chi connectivity index (χ1n) is 3.67. The van der Waals surface area contributed by atoms with Crippen LogP contribution in [0.15, 0.2) is 12.4 Å². The summed E-state index contributed by atoms with van der Waals surface area (Å²) in [4.78, 5) is 7.19. The smallest absolute Gasteiger partial charge is 0.234 e. The number of halogens is 1. The summed E-state index contributed by atoms with van der Waals surface area (Å²) < 4.78 is 12.8. The van der Waals surface area contributed by atoms with Crippen LogP contribution in [0, 0.1) is 5.95 Å². The largest absolute Gasteiger partial charge is 0.390 e. The molecule has 0 aliphatic rings. The summed E-state index contributed by atoms with van der Waals surface area (Å²) in [5, 5.41) is 9.36. The van der Waals surface area contributed by atoms with E-state index in [0.29, 0.717) is 0 Å². The van der Waals surface area contributed by atoms with Gasteiger partial charge in [-0.15, -0.1) is 0 Å². The van der Waals surface area contributed by atoms with Gasteiger partial charge in [-0.05, 0) is 13.8 Å². The second kappa shape index (κ2) is 3.15. The maximum absolute atomic E-state index is 12.8. The van der Waals surface area contributed by atoms with Crippen molar-refractivity contribution in [3.05, 3.63) is 24.0 Å². The minimum absolute atomic E-state index is 0.173. The van der Waals surface area contributed by atoms with Gasteiger partial charge in [0.25, 0.3) is 0 Å². The Morgan fingerprint density at radius 2 is 2.00 bits per heavy atom. The van der Waals surface area contributed by atoms with Gasteiger partial charge in [-0.3, -0.25) is 4.98 Å². The summed E-state index contributed by atoms with van der Waals surface area (Å²) in [7, 11) is 0. The second-order valence-corrected chi connectivity index (χ2v) is 3.28. The molecule has 0 radical (unpaired) electrons. The van der Waals surface area contributed by atoms with Gasteiger partial charge in [-0.1, -0.05) is 0 Å². The van der Waals surface area contributed by atoms with E-state index in [9.17, 15) is 9.50 Å². The minimum Gasteiger partial charge on any atom is -0.390 e. The average molecular weight is 170 g/mol. The summed E-state index contributed by atoms with van der Waals surface area (Å²) in [6, 6.07) is 0. The fourth-order valence-electron chi connectivity index (χ4n) is 0.878. The molecule has 1 heterocycles. The van der Waals surface area contributed by atoms with Crippen molar-refractivity contribution in [3.63, 3.8) is 0 Å². The molecule has 1 rings (SSSR count). The van der Waals surface area contributed by atoms with Crippen LogP contribution in [-0.4, -0.2) is 20.7 Å². The van der Waals surface area contributed by atoms with Crippen molar-refractivity contribution in [2.24, 2.45) is 0 Å². The molecule has 1 aromatic rings. The first-order chi connectivity index (χ1) is 5.49. The molecule has 12 heavy (non-hydrogen) atoms. The van der Waals surface area contributed by atoms with Gasteiger partial charge in [0.2, 0.25) is 5.95 Å². The van der Waals surface area contributed by atoms with Crippen molar-refractivity contribution in [1.82, 2.24) is 9.97 Å². The van der Waals surface area contributed by atoms with Gasteiger partial charge in [0.05, 0.1) is 11.3 Å². The Morgan fingerprint density at radius 1 is 1.42 bits per heavy atom. The van der Waals surface area contributed by atoms with Crippen molar-refractivity contribution in [2.75, 3.05) is 0 Å². The Labute approximate surface area is 70.3 Å². The van der Waals surface area contributed by atoms with Crippen LogP contribution in [0.1, 0.15) is 19.5 Å². The van der Waals surface area contributed by atoms with E-state index in [1.165, 1.54) is 12.4 Å². The Kier molecular flexibility index (Phi) is 2.38. The van der Waals surface area contributed by atoms with Gasteiger partial charge in [-0.2, -0.15) is 4.39 Å². The number of aromatic nitrogens is 2. The Balaban J connectivity index is 2.83. The molecule has 0 aliphatic carbocycles. The van der Waals surface area contributed by atoms with E-state index < -0.39 is 11.5 Å². The zero-order valence-electron chi connectivity index (χ0n) is 7.08. The van der Waals surface area contributed by atoms with Crippen LogP contribution in [0.2, 0.25) is 0 Å². The van der Waals surface area contributed by atoms with Crippen LogP contribution < -0.4 is 0 Å². The number of hydrogen-bond acceptors (Lipinski definition) is 3. The molecule has 0 atom stereocenters. The molecule has 0 saturated carbocycles. The molecule has 0 saturated heterocycles. The van der Waals surface area contributed by atoms with E-state index in [0.717, 1.165) is 0 Å². The topological polar surface area (TPSA) is 46.0 Å². The maximum atomic E-state index is 12.8. The molecule has 0 fully saturated rings. The Bertz CT molecular complexity index is 270. The predicted octanol–water partition coefficient (Wildman–Crippen LogP) is 0.929. The van der Waals surface area contributed by atoms with Crippen LogP contribution in [-0.2, 0) is 6.42 Å². The molecule has 0 amide bonds. The van der Waals surface area contributed by atoms with Gasteiger partial charge in [-0.25, -0.2) is 4.98 Å². The van der Waals surface area contributed by atoms with E-state index in [-0.39, 0.29) is 12.1 Å². The molecule has 0 spiro atoms. The summed E-state index contributed by atoms with van der Waals surface area (Å²) in [6.07, 6.45) is 2.86. The Morgan fingerprint density at radius 3 is 2.50 bits per heavy atom. The molecular weight excluding hydrogens is 159 g/mol. The number of nitrogens with zero attached hydrogens (tertiary/aromatic N) is 2. The fourth-order valence-corrected chi connectivity index (χ4v) is 0.878. The quantitative estimate of drug-likeness (QED) is 0.718. The third-order valence-corrected chi connectivity index (χ3v) is 1.32. The van der Waals surface area contributed by atoms with Crippen LogP contribution >= 0.6 is 0 Å². The summed E-state index contributed by atoms with van der Waals surface area (Å²) in [5.74, 6) is -0.611.